The van der Waals surface area contributed by atoms with Gasteiger partial charge in [-0.2, -0.15) is 0 Å². The molecule has 0 aliphatic carbocycles. The van der Waals surface area contributed by atoms with Crippen LogP contribution in [0.3, 0.4) is 0 Å². The number of aryl methyl sites for hydroxylation is 2. The lowest BCUT2D eigenvalue weighted by Gasteiger charge is -2.34. The maximum absolute atomic E-state index is 12.7. The van der Waals surface area contributed by atoms with Crippen LogP contribution in [0, 0.1) is 13.8 Å². The minimum absolute atomic E-state index is 0.107. The highest BCUT2D eigenvalue weighted by atomic mass is 32.1. The summed E-state index contributed by atoms with van der Waals surface area (Å²) in [6.45, 7) is 8.66. The second-order valence-electron chi connectivity index (χ2n) is 6.66. The number of aromatic nitrogens is 1. The largest absolute Gasteiger partial charge is 0.482 e. The average Bonchev–Trinajstić information content (AvgIpc) is 3.05. The van der Waals surface area contributed by atoms with E-state index in [2.05, 4.69) is 4.98 Å². The molecule has 0 N–H and O–H groups in total. The van der Waals surface area contributed by atoms with Crippen molar-refractivity contribution in [3.05, 3.63) is 28.1 Å². The monoisotopic (exact) mass is 418 g/mol. The van der Waals surface area contributed by atoms with Gasteiger partial charge in [-0.25, -0.2) is 9.78 Å². The molecule has 0 saturated heterocycles. The molecule has 1 aromatic carbocycles. The third kappa shape index (κ3) is 4.59. The SMILES string of the molecule is CCOCCOC(=O)C(CC)N1C(=O)COc2ccc(-c3nc(C)sc3C)cc21. The van der Waals surface area contributed by atoms with Gasteiger partial charge in [-0.05, 0) is 45.4 Å². The van der Waals surface area contributed by atoms with Crippen LogP contribution in [0.1, 0.15) is 30.2 Å². The lowest BCUT2D eigenvalue weighted by atomic mass is 10.1. The molecule has 1 aliphatic heterocycles. The van der Waals surface area contributed by atoms with E-state index in [4.69, 9.17) is 14.2 Å². The molecule has 1 atom stereocenters. The van der Waals surface area contributed by atoms with Gasteiger partial charge in [0, 0.05) is 17.0 Å². The molecular weight excluding hydrogens is 392 g/mol. The van der Waals surface area contributed by atoms with Gasteiger partial charge in [0.15, 0.2) is 6.61 Å². The lowest BCUT2D eigenvalue weighted by Crippen LogP contribution is -2.50. The molecular formula is C21H26N2O5S. The number of ether oxygens (including phenoxy) is 3. The van der Waals surface area contributed by atoms with E-state index < -0.39 is 12.0 Å². The number of benzene rings is 1. The van der Waals surface area contributed by atoms with Gasteiger partial charge < -0.3 is 14.2 Å². The summed E-state index contributed by atoms with van der Waals surface area (Å²) < 4.78 is 16.2. The van der Waals surface area contributed by atoms with E-state index in [-0.39, 0.29) is 19.1 Å². The summed E-state index contributed by atoms with van der Waals surface area (Å²) >= 11 is 1.62. The first-order valence-corrected chi connectivity index (χ1v) is 10.6. The quantitative estimate of drug-likeness (QED) is 0.482. The summed E-state index contributed by atoms with van der Waals surface area (Å²) in [5.41, 5.74) is 2.33. The number of fused-ring (bicyclic) bond motifs is 1. The smallest absolute Gasteiger partial charge is 0.329 e. The third-order valence-electron chi connectivity index (χ3n) is 4.66. The number of hydrogen-bond acceptors (Lipinski definition) is 7. The minimum Gasteiger partial charge on any atom is -0.482 e. The maximum atomic E-state index is 12.7. The molecule has 0 radical (unpaired) electrons. The Morgan fingerprint density at radius 3 is 2.76 bits per heavy atom. The first-order chi connectivity index (χ1) is 14.0. The number of esters is 1. The predicted octanol–water partition coefficient (Wildman–Crippen LogP) is 3.51. The molecule has 1 unspecified atom stereocenters. The van der Waals surface area contributed by atoms with Gasteiger partial charge >= 0.3 is 5.97 Å². The minimum atomic E-state index is -0.722. The summed E-state index contributed by atoms with van der Waals surface area (Å²) in [7, 11) is 0. The number of carbonyl (C=O) groups excluding carboxylic acids is 2. The van der Waals surface area contributed by atoms with Gasteiger partial charge in [0.2, 0.25) is 0 Å². The second-order valence-corrected chi connectivity index (χ2v) is 8.07. The molecule has 2 aromatic rings. The van der Waals surface area contributed by atoms with E-state index in [1.54, 1.807) is 11.3 Å². The van der Waals surface area contributed by atoms with Crippen LogP contribution in [-0.2, 0) is 19.1 Å². The number of amides is 1. The first kappa shape index (κ1) is 21.3. The highest BCUT2D eigenvalue weighted by Crippen LogP contribution is 2.39. The van der Waals surface area contributed by atoms with Crippen molar-refractivity contribution < 1.29 is 23.8 Å². The van der Waals surface area contributed by atoms with Crippen LogP contribution in [-0.4, -0.2) is 49.3 Å². The number of anilines is 1. The summed E-state index contributed by atoms with van der Waals surface area (Å²) in [4.78, 5) is 32.6. The Labute approximate surface area is 174 Å². The van der Waals surface area contributed by atoms with Crippen molar-refractivity contribution in [1.82, 2.24) is 4.98 Å². The van der Waals surface area contributed by atoms with E-state index in [1.807, 2.05) is 45.9 Å². The predicted molar refractivity (Wildman–Crippen MR) is 112 cm³/mol. The van der Waals surface area contributed by atoms with Crippen LogP contribution in [0.4, 0.5) is 5.69 Å². The maximum Gasteiger partial charge on any atom is 0.329 e. The molecule has 0 bridgehead atoms. The first-order valence-electron chi connectivity index (χ1n) is 9.73. The molecule has 8 heteroatoms. The average molecular weight is 419 g/mol. The Bertz CT molecular complexity index is 895. The zero-order valence-corrected chi connectivity index (χ0v) is 18.0. The zero-order chi connectivity index (χ0) is 21.0. The van der Waals surface area contributed by atoms with Crippen LogP contribution in [0.25, 0.3) is 11.3 Å². The van der Waals surface area contributed by atoms with Gasteiger partial charge in [-0.1, -0.05) is 6.92 Å². The highest BCUT2D eigenvalue weighted by molar-refractivity contribution is 7.11. The third-order valence-corrected chi connectivity index (χ3v) is 5.55. The molecule has 2 heterocycles. The normalized spacial score (nSPS) is 14.3. The van der Waals surface area contributed by atoms with Crippen molar-refractivity contribution in [2.24, 2.45) is 0 Å². The Morgan fingerprint density at radius 2 is 2.10 bits per heavy atom. The van der Waals surface area contributed by atoms with Crippen molar-refractivity contribution in [2.45, 2.75) is 40.2 Å². The summed E-state index contributed by atoms with van der Waals surface area (Å²) in [6.07, 6.45) is 0.428. The van der Waals surface area contributed by atoms with Crippen molar-refractivity contribution in [2.75, 3.05) is 31.3 Å². The fourth-order valence-electron chi connectivity index (χ4n) is 3.35. The van der Waals surface area contributed by atoms with E-state index in [1.165, 1.54) is 4.90 Å². The molecule has 156 valence electrons. The number of rotatable bonds is 8. The number of nitrogens with zero attached hydrogens (tertiary/aromatic N) is 2. The fourth-order valence-corrected chi connectivity index (χ4v) is 4.19. The van der Waals surface area contributed by atoms with Gasteiger partial charge in [0.1, 0.15) is 18.4 Å². The molecule has 0 fully saturated rings. The van der Waals surface area contributed by atoms with Crippen LogP contribution in [0.15, 0.2) is 18.2 Å². The molecule has 1 aliphatic rings. The Balaban J connectivity index is 1.91. The van der Waals surface area contributed by atoms with Crippen molar-refractivity contribution in [3.63, 3.8) is 0 Å². The van der Waals surface area contributed by atoms with Crippen molar-refractivity contribution >= 4 is 28.9 Å². The number of carbonyl (C=O) groups is 2. The Kier molecular flexibility index (Phi) is 6.87. The molecule has 1 aromatic heterocycles. The molecule has 1 amide bonds. The fraction of sp³-hybridized carbons (Fsp3) is 0.476. The van der Waals surface area contributed by atoms with Gasteiger partial charge in [0.05, 0.1) is 23.0 Å². The lowest BCUT2D eigenvalue weighted by molar-refractivity contribution is -0.148. The van der Waals surface area contributed by atoms with E-state index in [0.717, 1.165) is 21.1 Å². The summed E-state index contributed by atoms with van der Waals surface area (Å²) in [5, 5.41) is 0.976. The number of thiazole rings is 1. The second kappa shape index (κ2) is 9.37. The van der Waals surface area contributed by atoms with Crippen LogP contribution < -0.4 is 9.64 Å². The van der Waals surface area contributed by atoms with Crippen LogP contribution in [0.5, 0.6) is 5.75 Å². The molecule has 0 saturated carbocycles. The number of hydrogen-bond donors (Lipinski definition) is 0. The van der Waals surface area contributed by atoms with Crippen LogP contribution >= 0.6 is 11.3 Å². The summed E-state index contributed by atoms with van der Waals surface area (Å²) in [5.74, 6) is -0.146. The topological polar surface area (TPSA) is 78.0 Å². The molecule has 29 heavy (non-hydrogen) atoms. The van der Waals surface area contributed by atoms with E-state index in [0.29, 0.717) is 31.1 Å². The van der Waals surface area contributed by atoms with E-state index >= 15 is 0 Å². The molecule has 0 spiro atoms. The van der Waals surface area contributed by atoms with Crippen LogP contribution in [0.2, 0.25) is 0 Å². The highest BCUT2D eigenvalue weighted by Gasteiger charge is 2.36. The molecule has 3 rings (SSSR count). The molecule has 7 nitrogen and oxygen atoms in total. The van der Waals surface area contributed by atoms with Gasteiger partial charge in [0.25, 0.3) is 5.91 Å². The Morgan fingerprint density at radius 1 is 1.31 bits per heavy atom. The summed E-state index contributed by atoms with van der Waals surface area (Å²) in [6, 6.07) is 4.89. The standard InChI is InChI=1S/C21H26N2O5S/c1-5-16(21(25)27-10-9-26-6-2)23-17-11-15(20-13(3)29-14(4)22-20)7-8-18(17)28-12-19(23)24/h7-8,11,16H,5-6,9-10,12H2,1-4H3. The van der Waals surface area contributed by atoms with Gasteiger partial charge in [-0.3, -0.25) is 9.69 Å². The van der Waals surface area contributed by atoms with Crippen molar-refractivity contribution in [1.29, 1.82) is 0 Å². The van der Waals surface area contributed by atoms with E-state index in [9.17, 15) is 9.59 Å². The zero-order valence-electron chi connectivity index (χ0n) is 17.2. The Hall–Kier alpha value is -2.45. The van der Waals surface area contributed by atoms with Gasteiger partial charge in [-0.15, -0.1) is 11.3 Å². The van der Waals surface area contributed by atoms with Crippen molar-refractivity contribution in [3.8, 4) is 17.0 Å².